The second-order valence-electron chi connectivity index (χ2n) is 6.14. The average Bonchev–Trinajstić information content (AvgIpc) is 3.07. The minimum Gasteiger partial charge on any atom is -0.489 e. The van der Waals surface area contributed by atoms with Crippen molar-refractivity contribution in [3.05, 3.63) is 76.1 Å². The molecule has 0 unspecified atom stereocenters. The number of carbonyl (C=O) groups is 1. The summed E-state index contributed by atoms with van der Waals surface area (Å²) in [4.78, 5) is 12.4. The molecule has 0 fully saturated rings. The first-order chi connectivity index (χ1) is 13.6. The molecule has 1 heterocycles. The molecule has 0 aliphatic heterocycles. The summed E-state index contributed by atoms with van der Waals surface area (Å²) in [5, 5.41) is 9.82. The van der Waals surface area contributed by atoms with Crippen LogP contribution in [-0.4, -0.2) is 27.2 Å². The fourth-order valence-corrected chi connectivity index (χ4v) is 3.01. The van der Waals surface area contributed by atoms with Crippen molar-refractivity contribution in [2.45, 2.75) is 26.5 Å². The van der Waals surface area contributed by atoms with E-state index >= 15 is 0 Å². The highest BCUT2D eigenvalue weighted by Crippen LogP contribution is 2.15. The van der Waals surface area contributed by atoms with Crippen LogP contribution in [0.15, 0.2) is 48.5 Å². The van der Waals surface area contributed by atoms with E-state index in [4.69, 9.17) is 17.0 Å². The second-order valence-corrected chi connectivity index (χ2v) is 6.52. The van der Waals surface area contributed by atoms with Crippen LogP contribution in [0.3, 0.4) is 0 Å². The summed E-state index contributed by atoms with van der Waals surface area (Å²) < 4.78 is 21.1. The number of nitrogens with one attached hydrogen (secondary N) is 2. The number of ether oxygens (including phenoxy) is 1. The number of amides is 1. The molecular weight excluding hydrogens is 379 g/mol. The zero-order valence-electron chi connectivity index (χ0n) is 15.4. The van der Waals surface area contributed by atoms with Crippen molar-refractivity contribution in [3.8, 4) is 5.75 Å². The Morgan fingerprint density at radius 2 is 2.07 bits per heavy atom. The van der Waals surface area contributed by atoms with Crippen LogP contribution in [0.25, 0.3) is 0 Å². The molecule has 0 saturated heterocycles. The zero-order chi connectivity index (χ0) is 19.9. The fraction of sp³-hybridized carbons (Fsp3) is 0.250. The summed E-state index contributed by atoms with van der Waals surface area (Å²) in [7, 11) is 0. The van der Waals surface area contributed by atoms with Gasteiger partial charge in [-0.2, -0.15) is 5.10 Å². The molecule has 2 aromatic carbocycles. The van der Waals surface area contributed by atoms with E-state index in [9.17, 15) is 9.18 Å². The first-order valence-corrected chi connectivity index (χ1v) is 9.37. The van der Waals surface area contributed by atoms with E-state index in [1.165, 1.54) is 12.1 Å². The van der Waals surface area contributed by atoms with Gasteiger partial charge in [0.2, 0.25) is 0 Å². The smallest absolute Gasteiger partial charge is 0.251 e. The summed E-state index contributed by atoms with van der Waals surface area (Å²) in [5.74, 6) is 0.906. The molecular formula is C20H21FN4O2S. The number of hydrogen-bond acceptors (Lipinski definition) is 4. The molecule has 3 aromatic rings. The van der Waals surface area contributed by atoms with Gasteiger partial charge in [0.15, 0.2) is 4.77 Å². The molecule has 3 rings (SSSR count). The third kappa shape index (κ3) is 5.04. The third-order valence-electron chi connectivity index (χ3n) is 4.20. The van der Waals surface area contributed by atoms with Crippen LogP contribution >= 0.6 is 12.2 Å². The van der Waals surface area contributed by atoms with Gasteiger partial charge in [-0.25, -0.2) is 4.39 Å². The number of nitrogens with zero attached hydrogens (tertiary/aromatic N) is 2. The molecule has 2 N–H and O–H groups in total. The molecule has 1 amide bonds. The standard InChI is InChI=1S/C20H21FN4O2S/c1-2-25-18(23-24-20(25)28)10-11-22-19(26)15-4-3-5-17(12-15)27-13-14-6-8-16(21)9-7-14/h3-9,12H,2,10-11,13H2,1H3,(H,22,26)(H,24,28). The highest BCUT2D eigenvalue weighted by atomic mass is 32.1. The van der Waals surface area contributed by atoms with Gasteiger partial charge in [-0.15, -0.1) is 0 Å². The number of benzene rings is 2. The highest BCUT2D eigenvalue weighted by molar-refractivity contribution is 7.71. The molecule has 0 aliphatic carbocycles. The predicted molar refractivity (Wildman–Crippen MR) is 106 cm³/mol. The van der Waals surface area contributed by atoms with E-state index in [0.29, 0.717) is 35.7 Å². The summed E-state index contributed by atoms with van der Waals surface area (Å²) in [5.41, 5.74) is 1.35. The van der Waals surface area contributed by atoms with Crippen LogP contribution < -0.4 is 10.1 Å². The molecule has 146 valence electrons. The van der Waals surface area contributed by atoms with Crippen LogP contribution in [0.5, 0.6) is 5.75 Å². The average molecular weight is 400 g/mol. The minimum atomic E-state index is -0.286. The maximum Gasteiger partial charge on any atom is 0.251 e. The summed E-state index contributed by atoms with van der Waals surface area (Å²) in [6.45, 7) is 3.46. The molecule has 0 aliphatic rings. The van der Waals surface area contributed by atoms with Gasteiger partial charge >= 0.3 is 0 Å². The lowest BCUT2D eigenvalue weighted by molar-refractivity contribution is 0.0953. The topological polar surface area (TPSA) is 71.9 Å². The number of rotatable bonds is 8. The lowest BCUT2D eigenvalue weighted by Gasteiger charge is -2.09. The Hall–Kier alpha value is -3.00. The van der Waals surface area contributed by atoms with Gasteiger partial charge < -0.3 is 14.6 Å². The van der Waals surface area contributed by atoms with Gasteiger partial charge in [0.1, 0.15) is 24.0 Å². The summed E-state index contributed by atoms with van der Waals surface area (Å²) in [6, 6.07) is 13.0. The largest absolute Gasteiger partial charge is 0.489 e. The zero-order valence-corrected chi connectivity index (χ0v) is 16.3. The van der Waals surface area contributed by atoms with E-state index < -0.39 is 0 Å². The van der Waals surface area contributed by atoms with Crippen molar-refractivity contribution in [3.63, 3.8) is 0 Å². The molecule has 0 radical (unpaired) electrons. The van der Waals surface area contributed by atoms with Gasteiger partial charge in [-0.05, 0) is 55.0 Å². The van der Waals surface area contributed by atoms with Crippen LogP contribution in [-0.2, 0) is 19.6 Å². The molecule has 8 heteroatoms. The number of aromatic nitrogens is 3. The van der Waals surface area contributed by atoms with E-state index in [1.807, 2.05) is 11.5 Å². The molecule has 0 atom stereocenters. The predicted octanol–water partition coefficient (Wildman–Crippen LogP) is 3.65. The number of hydrogen-bond donors (Lipinski definition) is 2. The molecule has 1 aromatic heterocycles. The van der Waals surface area contributed by atoms with Crippen molar-refractivity contribution < 1.29 is 13.9 Å². The molecule has 28 heavy (non-hydrogen) atoms. The maximum atomic E-state index is 12.9. The Kier molecular flexibility index (Phi) is 6.54. The van der Waals surface area contributed by atoms with Gasteiger partial charge in [0.05, 0.1) is 0 Å². The van der Waals surface area contributed by atoms with Crippen molar-refractivity contribution in [1.82, 2.24) is 20.1 Å². The maximum absolute atomic E-state index is 12.9. The molecule has 6 nitrogen and oxygen atoms in total. The first kappa shape index (κ1) is 19.8. The second kappa shape index (κ2) is 9.27. The number of carbonyl (C=O) groups excluding carboxylic acids is 1. The Balaban J connectivity index is 1.54. The lowest BCUT2D eigenvalue weighted by Crippen LogP contribution is -2.26. The number of aromatic amines is 1. The lowest BCUT2D eigenvalue weighted by atomic mass is 10.2. The fourth-order valence-electron chi connectivity index (χ4n) is 2.73. The quantitative estimate of drug-likeness (QED) is 0.566. The SMILES string of the molecule is CCn1c(CCNC(=O)c2cccc(OCc3ccc(F)cc3)c2)n[nH]c1=S. The normalized spacial score (nSPS) is 10.6. The van der Waals surface area contributed by atoms with Crippen molar-refractivity contribution in [2.24, 2.45) is 0 Å². The number of halogens is 1. The summed E-state index contributed by atoms with van der Waals surface area (Å²) >= 11 is 5.16. The van der Waals surface area contributed by atoms with Crippen LogP contribution in [0.2, 0.25) is 0 Å². The Morgan fingerprint density at radius 1 is 1.29 bits per heavy atom. The Bertz CT molecular complexity index is 998. The van der Waals surface area contributed by atoms with Gasteiger partial charge in [-0.1, -0.05) is 18.2 Å². The summed E-state index contributed by atoms with van der Waals surface area (Å²) in [6.07, 6.45) is 0.577. The molecule has 0 saturated carbocycles. The van der Waals surface area contributed by atoms with E-state index in [-0.39, 0.29) is 11.7 Å². The monoisotopic (exact) mass is 400 g/mol. The van der Waals surface area contributed by atoms with Gasteiger partial charge in [0, 0.05) is 25.1 Å². The first-order valence-electron chi connectivity index (χ1n) is 8.96. The van der Waals surface area contributed by atoms with Gasteiger partial charge in [-0.3, -0.25) is 9.89 Å². The van der Waals surface area contributed by atoms with Crippen LogP contribution in [0.4, 0.5) is 4.39 Å². The Labute approximate surface area is 167 Å². The molecule has 0 spiro atoms. The van der Waals surface area contributed by atoms with E-state index in [0.717, 1.165) is 17.9 Å². The minimum absolute atomic E-state index is 0.190. The van der Waals surface area contributed by atoms with Crippen LogP contribution in [0, 0.1) is 10.6 Å². The van der Waals surface area contributed by atoms with Gasteiger partial charge in [0.25, 0.3) is 5.91 Å². The van der Waals surface area contributed by atoms with Crippen molar-refractivity contribution >= 4 is 18.1 Å². The van der Waals surface area contributed by atoms with E-state index in [2.05, 4.69) is 15.5 Å². The highest BCUT2D eigenvalue weighted by Gasteiger charge is 2.09. The van der Waals surface area contributed by atoms with Crippen molar-refractivity contribution in [1.29, 1.82) is 0 Å². The Morgan fingerprint density at radius 3 is 2.82 bits per heavy atom. The van der Waals surface area contributed by atoms with E-state index in [1.54, 1.807) is 36.4 Å². The van der Waals surface area contributed by atoms with Crippen molar-refractivity contribution in [2.75, 3.05) is 6.54 Å². The number of H-pyrrole nitrogens is 1. The third-order valence-corrected chi connectivity index (χ3v) is 4.51. The van der Waals surface area contributed by atoms with Crippen LogP contribution in [0.1, 0.15) is 28.7 Å². The molecule has 0 bridgehead atoms.